The molecule has 0 aromatic heterocycles. The summed E-state index contributed by atoms with van der Waals surface area (Å²) in [6, 6.07) is 4.09. The minimum absolute atomic E-state index is 0.0874. The third-order valence-corrected chi connectivity index (χ3v) is 4.61. The van der Waals surface area contributed by atoms with Crippen molar-refractivity contribution in [1.82, 2.24) is 0 Å². The van der Waals surface area contributed by atoms with Gasteiger partial charge in [0.05, 0.1) is 11.4 Å². The Bertz CT molecular complexity index is 541. The molecule has 0 radical (unpaired) electrons. The first kappa shape index (κ1) is 13.3. The van der Waals surface area contributed by atoms with Crippen molar-refractivity contribution in [3.8, 4) is 0 Å². The normalized spacial score (nSPS) is 21.3. The largest absolute Gasteiger partial charge is 0.397 e. The Balaban J connectivity index is 1.86. The lowest BCUT2D eigenvalue weighted by Gasteiger charge is -2.39. The molecule has 0 bridgehead atoms. The number of nitrogen functional groups attached to an aromatic ring is 1. The van der Waals surface area contributed by atoms with Gasteiger partial charge in [0.2, 0.25) is 5.91 Å². The van der Waals surface area contributed by atoms with Crippen LogP contribution in [0.3, 0.4) is 0 Å². The molecule has 108 valence electrons. The second-order valence-corrected chi connectivity index (χ2v) is 6.77. The van der Waals surface area contributed by atoms with Crippen LogP contribution in [0.4, 0.5) is 17.1 Å². The fourth-order valence-corrected chi connectivity index (χ4v) is 3.06. The van der Waals surface area contributed by atoms with E-state index in [0.717, 1.165) is 36.6 Å². The molecular formula is C16H23N3O. The number of amides is 1. The van der Waals surface area contributed by atoms with E-state index in [9.17, 15) is 4.79 Å². The maximum atomic E-state index is 11.4. The topological polar surface area (TPSA) is 58.4 Å². The lowest BCUT2D eigenvalue weighted by atomic mass is 9.82. The van der Waals surface area contributed by atoms with Crippen molar-refractivity contribution in [3.63, 3.8) is 0 Å². The molecule has 1 aromatic rings. The zero-order valence-electron chi connectivity index (χ0n) is 12.3. The van der Waals surface area contributed by atoms with E-state index in [1.54, 1.807) is 0 Å². The third-order valence-electron chi connectivity index (χ3n) is 4.61. The molecule has 0 saturated carbocycles. The van der Waals surface area contributed by atoms with Gasteiger partial charge >= 0.3 is 0 Å². The summed E-state index contributed by atoms with van der Waals surface area (Å²) in [5.74, 6) is 0.0874. The van der Waals surface area contributed by atoms with Crippen LogP contribution in [-0.2, 0) is 11.2 Å². The number of piperidine rings is 1. The minimum atomic E-state index is 0.0874. The molecule has 1 aromatic carbocycles. The lowest BCUT2D eigenvalue weighted by molar-refractivity contribution is -0.116. The highest BCUT2D eigenvalue weighted by Gasteiger charge is 2.27. The van der Waals surface area contributed by atoms with Gasteiger partial charge in [0.1, 0.15) is 0 Å². The highest BCUT2D eigenvalue weighted by Crippen LogP contribution is 2.37. The molecule has 0 unspecified atom stereocenters. The van der Waals surface area contributed by atoms with E-state index in [4.69, 9.17) is 5.73 Å². The Morgan fingerprint density at radius 1 is 1.20 bits per heavy atom. The molecule has 0 aliphatic carbocycles. The Hall–Kier alpha value is -1.71. The van der Waals surface area contributed by atoms with Crippen molar-refractivity contribution in [2.24, 2.45) is 5.41 Å². The zero-order valence-corrected chi connectivity index (χ0v) is 12.3. The molecule has 0 spiro atoms. The quantitative estimate of drug-likeness (QED) is 0.774. The number of carbonyl (C=O) groups excluding carboxylic acids is 1. The summed E-state index contributed by atoms with van der Waals surface area (Å²) in [5, 5.41) is 2.91. The maximum absolute atomic E-state index is 11.4. The van der Waals surface area contributed by atoms with Gasteiger partial charge in [0, 0.05) is 25.2 Å². The molecule has 0 atom stereocenters. The van der Waals surface area contributed by atoms with Gasteiger partial charge < -0.3 is 16.0 Å². The van der Waals surface area contributed by atoms with Crippen molar-refractivity contribution in [1.29, 1.82) is 0 Å². The molecular weight excluding hydrogens is 250 g/mol. The van der Waals surface area contributed by atoms with E-state index in [0.29, 0.717) is 11.8 Å². The van der Waals surface area contributed by atoms with Gasteiger partial charge in [-0.05, 0) is 42.4 Å². The molecule has 1 fully saturated rings. The predicted molar refractivity (Wildman–Crippen MR) is 83.0 cm³/mol. The van der Waals surface area contributed by atoms with Gasteiger partial charge in [0.15, 0.2) is 0 Å². The highest BCUT2D eigenvalue weighted by atomic mass is 16.1. The molecule has 1 amide bonds. The number of rotatable bonds is 1. The first-order valence-electron chi connectivity index (χ1n) is 7.42. The molecule has 20 heavy (non-hydrogen) atoms. The summed E-state index contributed by atoms with van der Waals surface area (Å²) in [7, 11) is 0. The van der Waals surface area contributed by atoms with E-state index in [2.05, 4.69) is 30.1 Å². The molecule has 4 nitrogen and oxygen atoms in total. The molecule has 3 N–H and O–H groups in total. The number of nitrogens with one attached hydrogen (secondary N) is 1. The van der Waals surface area contributed by atoms with E-state index < -0.39 is 0 Å². The van der Waals surface area contributed by atoms with Crippen molar-refractivity contribution in [2.75, 3.05) is 29.0 Å². The van der Waals surface area contributed by atoms with E-state index in [-0.39, 0.29) is 5.91 Å². The van der Waals surface area contributed by atoms with Crippen molar-refractivity contribution in [2.45, 2.75) is 39.5 Å². The average molecular weight is 273 g/mol. The van der Waals surface area contributed by atoms with Crippen molar-refractivity contribution in [3.05, 3.63) is 17.7 Å². The Kier molecular flexibility index (Phi) is 3.11. The lowest BCUT2D eigenvalue weighted by Crippen LogP contribution is -2.37. The smallest absolute Gasteiger partial charge is 0.224 e. The number of benzene rings is 1. The average Bonchev–Trinajstić information content (AvgIpc) is 2.38. The van der Waals surface area contributed by atoms with Crippen molar-refractivity contribution >= 4 is 23.0 Å². The molecule has 2 heterocycles. The number of anilines is 3. The predicted octanol–water partition coefficient (Wildman–Crippen LogP) is 2.78. The number of hydrogen-bond donors (Lipinski definition) is 2. The fraction of sp³-hybridized carbons (Fsp3) is 0.562. The van der Waals surface area contributed by atoms with Gasteiger partial charge in [-0.1, -0.05) is 13.8 Å². The van der Waals surface area contributed by atoms with Gasteiger partial charge in [-0.15, -0.1) is 0 Å². The Morgan fingerprint density at radius 3 is 2.60 bits per heavy atom. The summed E-state index contributed by atoms with van der Waals surface area (Å²) < 4.78 is 0. The van der Waals surface area contributed by atoms with Crippen LogP contribution in [0.5, 0.6) is 0 Å². The van der Waals surface area contributed by atoms with Gasteiger partial charge in [-0.2, -0.15) is 0 Å². The monoisotopic (exact) mass is 273 g/mol. The maximum Gasteiger partial charge on any atom is 0.224 e. The summed E-state index contributed by atoms with van der Waals surface area (Å²) in [6.07, 6.45) is 3.78. The second kappa shape index (κ2) is 4.69. The summed E-state index contributed by atoms with van der Waals surface area (Å²) in [5.41, 5.74) is 10.6. The minimum Gasteiger partial charge on any atom is -0.397 e. The van der Waals surface area contributed by atoms with Gasteiger partial charge in [0.25, 0.3) is 0 Å². The van der Waals surface area contributed by atoms with E-state index >= 15 is 0 Å². The van der Waals surface area contributed by atoms with Crippen LogP contribution < -0.4 is 16.0 Å². The van der Waals surface area contributed by atoms with Gasteiger partial charge in [-0.3, -0.25) is 4.79 Å². The Labute approximate surface area is 120 Å². The second-order valence-electron chi connectivity index (χ2n) is 6.77. The molecule has 2 aliphatic rings. The number of nitrogens with zero attached hydrogens (tertiary/aromatic N) is 1. The van der Waals surface area contributed by atoms with Crippen molar-refractivity contribution < 1.29 is 4.79 Å². The van der Waals surface area contributed by atoms with Gasteiger partial charge in [-0.25, -0.2) is 0 Å². The third kappa shape index (κ3) is 2.47. The molecule has 2 aliphatic heterocycles. The van der Waals surface area contributed by atoms with Crippen LogP contribution in [0.2, 0.25) is 0 Å². The molecule has 3 rings (SSSR count). The van der Waals surface area contributed by atoms with Crippen LogP contribution in [0.15, 0.2) is 12.1 Å². The zero-order chi connectivity index (χ0) is 14.3. The Morgan fingerprint density at radius 2 is 1.90 bits per heavy atom. The van der Waals surface area contributed by atoms with Crippen LogP contribution in [-0.4, -0.2) is 19.0 Å². The van der Waals surface area contributed by atoms with E-state index in [1.807, 2.05) is 6.07 Å². The van der Waals surface area contributed by atoms with Crippen LogP contribution >= 0.6 is 0 Å². The highest BCUT2D eigenvalue weighted by molar-refractivity contribution is 5.95. The first-order chi connectivity index (χ1) is 9.44. The summed E-state index contributed by atoms with van der Waals surface area (Å²) >= 11 is 0. The number of nitrogens with two attached hydrogens (primary N) is 1. The van der Waals surface area contributed by atoms with Crippen LogP contribution in [0, 0.1) is 5.41 Å². The molecule has 1 saturated heterocycles. The standard InChI is InChI=1S/C16H23N3O/c1-16(2)5-7-19(8-6-16)14-9-11-3-4-15(20)18-13(11)10-12(14)17/h9-10H,3-8,17H2,1-2H3,(H,18,20). The van der Waals surface area contributed by atoms with E-state index in [1.165, 1.54) is 18.4 Å². The molecule has 4 heteroatoms. The summed E-state index contributed by atoms with van der Waals surface area (Å²) in [4.78, 5) is 13.8. The number of hydrogen-bond acceptors (Lipinski definition) is 3. The van der Waals surface area contributed by atoms with Crippen LogP contribution in [0.1, 0.15) is 38.7 Å². The number of carbonyl (C=O) groups is 1. The summed E-state index contributed by atoms with van der Waals surface area (Å²) in [6.45, 7) is 6.77. The van der Waals surface area contributed by atoms with Crippen LogP contribution in [0.25, 0.3) is 0 Å². The fourth-order valence-electron chi connectivity index (χ4n) is 3.06. The number of fused-ring (bicyclic) bond motifs is 1. The number of aryl methyl sites for hydroxylation is 1. The SMILES string of the molecule is CC1(C)CCN(c2cc3c(cc2N)NC(=O)CC3)CC1. The first-order valence-corrected chi connectivity index (χ1v) is 7.42.